The molecule has 21 heavy (non-hydrogen) atoms. The molecule has 0 aromatic carbocycles. The van der Waals surface area contributed by atoms with Crippen molar-refractivity contribution in [3.8, 4) is 0 Å². The second-order valence-electron chi connectivity index (χ2n) is 5.27. The molecule has 0 saturated carbocycles. The van der Waals surface area contributed by atoms with Crippen LogP contribution in [0.4, 0.5) is 0 Å². The fourth-order valence-electron chi connectivity index (χ4n) is 2.52. The van der Waals surface area contributed by atoms with Crippen LogP contribution in [0.5, 0.6) is 0 Å². The first-order valence-electron chi connectivity index (χ1n) is 7.03. The van der Waals surface area contributed by atoms with E-state index in [1.807, 2.05) is 34.8 Å². The first-order chi connectivity index (χ1) is 10.2. The maximum absolute atomic E-state index is 4.38. The van der Waals surface area contributed by atoms with E-state index in [4.69, 9.17) is 0 Å². The van der Waals surface area contributed by atoms with E-state index in [0.29, 0.717) is 6.04 Å². The molecular weight excluding hydrogens is 266 g/mol. The molecule has 1 atom stereocenters. The minimum absolute atomic E-state index is 0.119. The first-order valence-corrected chi connectivity index (χ1v) is 7.03. The van der Waals surface area contributed by atoms with Gasteiger partial charge in [0, 0.05) is 36.5 Å². The van der Waals surface area contributed by atoms with Crippen LogP contribution in [0.2, 0.25) is 0 Å². The van der Waals surface area contributed by atoms with E-state index in [1.165, 1.54) is 0 Å². The smallest absolute Gasteiger partial charge is 0.138 e. The summed E-state index contributed by atoms with van der Waals surface area (Å²) in [6, 6.07) is 0.416. The minimum Gasteiger partial charge on any atom is -0.312 e. The average molecular weight is 285 g/mol. The molecule has 110 valence electrons. The molecule has 0 fully saturated rings. The summed E-state index contributed by atoms with van der Waals surface area (Å²) in [5, 5.41) is 12.0. The summed E-state index contributed by atoms with van der Waals surface area (Å²) in [5.41, 5.74) is 2.12. The maximum Gasteiger partial charge on any atom is 0.138 e. The molecule has 1 unspecified atom stereocenters. The molecule has 0 amide bonds. The number of nitrogens with zero attached hydrogens (tertiary/aromatic N) is 6. The van der Waals surface area contributed by atoms with Gasteiger partial charge in [0.1, 0.15) is 12.2 Å². The minimum atomic E-state index is 0.119. The summed E-state index contributed by atoms with van der Waals surface area (Å²) < 4.78 is 3.79. The van der Waals surface area contributed by atoms with Crippen molar-refractivity contribution < 1.29 is 0 Å². The predicted molar refractivity (Wildman–Crippen MR) is 78.9 cm³/mol. The Labute approximate surface area is 123 Å². The standard InChI is InChI=1S/C14H19N7/c1-10(2)21-14(17-9-19-21)6-12(15-3)11-7-18-20-5-4-16-8-13(11)20/h4-5,7-10,12,15H,6H2,1-3H3. The monoisotopic (exact) mass is 285 g/mol. The Morgan fingerprint density at radius 1 is 1.24 bits per heavy atom. The topological polar surface area (TPSA) is 72.9 Å². The van der Waals surface area contributed by atoms with Crippen LogP contribution >= 0.6 is 0 Å². The van der Waals surface area contributed by atoms with Gasteiger partial charge < -0.3 is 5.32 Å². The first kappa shape index (κ1) is 13.7. The molecule has 0 aliphatic carbocycles. The van der Waals surface area contributed by atoms with Gasteiger partial charge in [-0.1, -0.05) is 0 Å². The van der Waals surface area contributed by atoms with E-state index in [1.54, 1.807) is 12.5 Å². The fourth-order valence-corrected chi connectivity index (χ4v) is 2.52. The quantitative estimate of drug-likeness (QED) is 0.767. The normalized spacial score (nSPS) is 13.1. The lowest BCUT2D eigenvalue weighted by Gasteiger charge is -2.16. The fraction of sp³-hybridized carbons (Fsp3) is 0.429. The van der Waals surface area contributed by atoms with Crippen LogP contribution < -0.4 is 5.32 Å². The van der Waals surface area contributed by atoms with Gasteiger partial charge >= 0.3 is 0 Å². The Morgan fingerprint density at radius 2 is 2.10 bits per heavy atom. The second kappa shape index (κ2) is 5.61. The van der Waals surface area contributed by atoms with Crippen LogP contribution in [0.25, 0.3) is 5.52 Å². The summed E-state index contributed by atoms with van der Waals surface area (Å²) >= 11 is 0. The zero-order valence-corrected chi connectivity index (χ0v) is 12.4. The third-order valence-electron chi connectivity index (χ3n) is 3.60. The Morgan fingerprint density at radius 3 is 2.86 bits per heavy atom. The van der Waals surface area contributed by atoms with Gasteiger partial charge in [-0.3, -0.25) is 4.98 Å². The van der Waals surface area contributed by atoms with Crippen molar-refractivity contribution in [3.63, 3.8) is 0 Å². The van der Waals surface area contributed by atoms with E-state index >= 15 is 0 Å². The number of likely N-dealkylation sites (N-methyl/N-ethyl adjacent to an activating group) is 1. The van der Waals surface area contributed by atoms with E-state index < -0.39 is 0 Å². The summed E-state index contributed by atoms with van der Waals surface area (Å²) in [4.78, 5) is 8.57. The Hall–Kier alpha value is -2.28. The summed E-state index contributed by atoms with van der Waals surface area (Å²) in [6.45, 7) is 4.21. The number of hydrogen-bond donors (Lipinski definition) is 1. The Bertz CT molecular complexity index is 728. The van der Waals surface area contributed by atoms with Crippen LogP contribution in [0.3, 0.4) is 0 Å². The molecular formula is C14H19N7. The molecule has 3 rings (SSSR count). The van der Waals surface area contributed by atoms with Crippen LogP contribution in [0.1, 0.15) is 37.3 Å². The van der Waals surface area contributed by atoms with E-state index in [2.05, 4.69) is 39.3 Å². The molecule has 0 aliphatic rings. The second-order valence-corrected chi connectivity index (χ2v) is 5.27. The molecule has 3 aromatic rings. The Balaban J connectivity index is 1.93. The zero-order valence-electron chi connectivity index (χ0n) is 12.4. The van der Waals surface area contributed by atoms with Crippen molar-refractivity contribution in [1.29, 1.82) is 0 Å². The highest BCUT2D eigenvalue weighted by atomic mass is 15.3. The van der Waals surface area contributed by atoms with Crippen LogP contribution in [0, 0.1) is 0 Å². The lowest BCUT2D eigenvalue weighted by Crippen LogP contribution is -2.21. The molecule has 0 saturated heterocycles. The largest absolute Gasteiger partial charge is 0.312 e. The molecule has 0 spiro atoms. The van der Waals surface area contributed by atoms with Gasteiger partial charge in [-0.05, 0) is 20.9 Å². The van der Waals surface area contributed by atoms with Gasteiger partial charge in [-0.2, -0.15) is 10.2 Å². The van der Waals surface area contributed by atoms with Crippen molar-refractivity contribution >= 4 is 5.52 Å². The molecule has 0 aliphatic heterocycles. The molecule has 0 bridgehead atoms. The van der Waals surface area contributed by atoms with Crippen molar-refractivity contribution in [2.45, 2.75) is 32.4 Å². The van der Waals surface area contributed by atoms with Crippen molar-refractivity contribution in [3.05, 3.63) is 42.5 Å². The Kier molecular flexibility index (Phi) is 3.66. The van der Waals surface area contributed by atoms with Crippen molar-refractivity contribution in [1.82, 2.24) is 34.7 Å². The van der Waals surface area contributed by atoms with E-state index in [9.17, 15) is 0 Å². The predicted octanol–water partition coefficient (Wildman–Crippen LogP) is 1.40. The van der Waals surface area contributed by atoms with Crippen LogP contribution in [-0.2, 0) is 6.42 Å². The number of fused-ring (bicyclic) bond motifs is 1. The van der Waals surface area contributed by atoms with Crippen molar-refractivity contribution in [2.75, 3.05) is 7.05 Å². The third-order valence-corrected chi connectivity index (χ3v) is 3.60. The summed E-state index contributed by atoms with van der Waals surface area (Å²) in [5.74, 6) is 0.965. The van der Waals surface area contributed by atoms with E-state index in [-0.39, 0.29) is 6.04 Å². The van der Waals surface area contributed by atoms with Crippen molar-refractivity contribution in [2.24, 2.45) is 0 Å². The molecule has 1 N–H and O–H groups in total. The number of rotatable bonds is 5. The summed E-state index contributed by atoms with van der Waals surface area (Å²) in [7, 11) is 1.95. The van der Waals surface area contributed by atoms with Crippen LogP contribution in [-0.4, -0.2) is 36.4 Å². The maximum atomic E-state index is 4.38. The zero-order chi connectivity index (χ0) is 14.8. The van der Waals surface area contributed by atoms with Gasteiger partial charge in [-0.25, -0.2) is 14.2 Å². The van der Waals surface area contributed by atoms with Gasteiger partial charge in [0.2, 0.25) is 0 Å². The molecule has 0 radical (unpaired) electrons. The lowest BCUT2D eigenvalue weighted by atomic mass is 10.1. The lowest BCUT2D eigenvalue weighted by molar-refractivity contribution is 0.478. The van der Waals surface area contributed by atoms with Crippen LogP contribution in [0.15, 0.2) is 31.1 Å². The molecule has 3 heterocycles. The molecule has 7 nitrogen and oxygen atoms in total. The number of aromatic nitrogens is 6. The van der Waals surface area contributed by atoms with Gasteiger partial charge in [-0.15, -0.1) is 0 Å². The SMILES string of the molecule is CNC(Cc1ncnn1C(C)C)c1cnn2ccncc12. The highest BCUT2D eigenvalue weighted by molar-refractivity contribution is 5.53. The highest BCUT2D eigenvalue weighted by Crippen LogP contribution is 2.22. The number of hydrogen-bond acceptors (Lipinski definition) is 5. The van der Waals surface area contributed by atoms with Gasteiger partial charge in [0.05, 0.1) is 17.9 Å². The highest BCUT2D eigenvalue weighted by Gasteiger charge is 2.19. The molecule has 7 heteroatoms. The van der Waals surface area contributed by atoms with E-state index in [0.717, 1.165) is 23.3 Å². The van der Waals surface area contributed by atoms with Gasteiger partial charge in [0.25, 0.3) is 0 Å². The third kappa shape index (κ3) is 2.52. The summed E-state index contributed by atoms with van der Waals surface area (Å²) in [6.07, 6.45) is 9.66. The average Bonchev–Trinajstić information content (AvgIpc) is 3.11. The molecule has 3 aromatic heterocycles. The van der Waals surface area contributed by atoms with Gasteiger partial charge in [0.15, 0.2) is 0 Å². The number of nitrogens with one attached hydrogen (secondary N) is 1.